The maximum absolute atomic E-state index is 12.3. The van der Waals surface area contributed by atoms with E-state index in [0.29, 0.717) is 0 Å². The van der Waals surface area contributed by atoms with Crippen LogP contribution in [0.25, 0.3) is 6.08 Å². The Morgan fingerprint density at radius 3 is 2.71 bits per heavy atom. The number of ether oxygens (including phenoxy) is 1. The number of aryl methyl sites for hydroxylation is 2. The topological polar surface area (TPSA) is 64.4 Å². The molecule has 1 amide bonds. The van der Waals surface area contributed by atoms with Crippen molar-refractivity contribution >= 4 is 18.0 Å². The molecule has 0 N–H and O–H groups in total. The van der Waals surface area contributed by atoms with Gasteiger partial charge in [0.05, 0.1) is 5.69 Å². The Bertz CT molecular complexity index is 634. The zero-order chi connectivity index (χ0) is 17.7. The second-order valence-electron chi connectivity index (χ2n) is 6.29. The number of aromatic nitrogens is 2. The summed E-state index contributed by atoms with van der Waals surface area (Å²) in [7, 11) is 1.86. The number of hydrogen-bond acceptors (Lipinski definition) is 4. The second kappa shape index (κ2) is 8.13. The molecular formula is C18H27N3O3. The maximum Gasteiger partial charge on any atom is 0.331 e. The smallest absolute Gasteiger partial charge is 0.331 e. The fourth-order valence-electron chi connectivity index (χ4n) is 3.20. The van der Waals surface area contributed by atoms with E-state index in [2.05, 4.69) is 12.0 Å². The lowest BCUT2D eigenvalue weighted by atomic mass is 10.00. The summed E-state index contributed by atoms with van der Waals surface area (Å²) in [5, 5.41) is 4.29. The van der Waals surface area contributed by atoms with Crippen molar-refractivity contribution in [2.24, 2.45) is 7.05 Å². The molecular weight excluding hydrogens is 306 g/mol. The quantitative estimate of drug-likeness (QED) is 0.613. The van der Waals surface area contributed by atoms with E-state index in [1.165, 1.54) is 6.08 Å². The van der Waals surface area contributed by atoms with E-state index in [4.69, 9.17) is 4.74 Å². The van der Waals surface area contributed by atoms with Gasteiger partial charge in [-0.05, 0) is 45.6 Å². The van der Waals surface area contributed by atoms with E-state index >= 15 is 0 Å². The molecule has 1 aliphatic heterocycles. The Labute approximate surface area is 143 Å². The van der Waals surface area contributed by atoms with Gasteiger partial charge in [-0.1, -0.05) is 6.92 Å². The first-order valence-electron chi connectivity index (χ1n) is 8.58. The average molecular weight is 333 g/mol. The first kappa shape index (κ1) is 18.2. The molecule has 0 radical (unpaired) electrons. The van der Waals surface area contributed by atoms with Crippen molar-refractivity contribution in [3.05, 3.63) is 23.0 Å². The summed E-state index contributed by atoms with van der Waals surface area (Å²) in [5.74, 6) is -0.604. The third-order valence-electron chi connectivity index (χ3n) is 4.71. The van der Waals surface area contributed by atoms with Crippen LogP contribution in [0.15, 0.2) is 6.08 Å². The van der Waals surface area contributed by atoms with E-state index in [-0.39, 0.29) is 18.6 Å². The lowest BCUT2D eigenvalue weighted by Gasteiger charge is -2.35. The largest absolute Gasteiger partial charge is 0.452 e. The second-order valence-corrected chi connectivity index (χ2v) is 6.29. The Kier molecular flexibility index (Phi) is 6.17. The van der Waals surface area contributed by atoms with Crippen LogP contribution >= 0.6 is 0 Å². The van der Waals surface area contributed by atoms with Gasteiger partial charge in [-0.2, -0.15) is 5.10 Å². The van der Waals surface area contributed by atoms with Crippen molar-refractivity contribution < 1.29 is 14.3 Å². The molecule has 2 rings (SSSR count). The highest BCUT2D eigenvalue weighted by atomic mass is 16.5. The molecule has 132 valence electrons. The summed E-state index contributed by atoms with van der Waals surface area (Å²) in [6.07, 6.45) is 7.22. The van der Waals surface area contributed by atoms with Crippen molar-refractivity contribution in [2.45, 2.75) is 52.5 Å². The monoisotopic (exact) mass is 333 g/mol. The van der Waals surface area contributed by atoms with Crippen LogP contribution in [0, 0.1) is 13.8 Å². The standard InChI is InChI=1S/C18H27N3O3/c1-5-15-8-6-7-11-21(15)17(22)12-24-18(23)10-9-16-13(2)19-20(4)14(16)3/h9-10,15H,5-8,11-12H2,1-4H3/b10-9+/t15-/m1/s1. The number of carbonyl (C=O) groups is 2. The Hall–Kier alpha value is -2.11. The summed E-state index contributed by atoms with van der Waals surface area (Å²) in [5.41, 5.74) is 2.74. The molecule has 6 nitrogen and oxygen atoms in total. The highest BCUT2D eigenvalue weighted by molar-refractivity contribution is 5.89. The summed E-state index contributed by atoms with van der Waals surface area (Å²) in [6.45, 7) is 6.49. The van der Waals surface area contributed by atoms with Crippen LogP contribution in [0.3, 0.4) is 0 Å². The van der Waals surface area contributed by atoms with Gasteiger partial charge in [0.2, 0.25) is 0 Å². The Morgan fingerprint density at radius 1 is 1.33 bits per heavy atom. The van der Waals surface area contributed by atoms with Crippen molar-refractivity contribution in [3.63, 3.8) is 0 Å². The molecule has 24 heavy (non-hydrogen) atoms. The number of piperidine rings is 1. The number of nitrogens with zero attached hydrogens (tertiary/aromatic N) is 3. The van der Waals surface area contributed by atoms with Crippen LogP contribution in [-0.4, -0.2) is 45.8 Å². The minimum atomic E-state index is -0.504. The highest BCUT2D eigenvalue weighted by Crippen LogP contribution is 2.19. The van der Waals surface area contributed by atoms with Crippen molar-refractivity contribution in [1.82, 2.24) is 14.7 Å². The molecule has 0 bridgehead atoms. The van der Waals surface area contributed by atoms with E-state index < -0.39 is 5.97 Å². The zero-order valence-corrected chi connectivity index (χ0v) is 15.0. The lowest BCUT2D eigenvalue weighted by Crippen LogP contribution is -2.45. The van der Waals surface area contributed by atoms with Gasteiger partial charge in [0, 0.05) is 37.0 Å². The van der Waals surface area contributed by atoms with Gasteiger partial charge in [-0.3, -0.25) is 9.48 Å². The number of esters is 1. The SMILES string of the molecule is CC[C@@H]1CCCCN1C(=O)COC(=O)/C=C/c1c(C)nn(C)c1C. The molecule has 0 unspecified atom stereocenters. The predicted octanol–water partition coefficient (Wildman–Crippen LogP) is 2.38. The first-order valence-corrected chi connectivity index (χ1v) is 8.58. The van der Waals surface area contributed by atoms with Gasteiger partial charge < -0.3 is 9.64 Å². The number of carbonyl (C=O) groups excluding carboxylic acids is 2. The molecule has 1 saturated heterocycles. The van der Waals surface area contributed by atoms with Crippen molar-refractivity contribution in [1.29, 1.82) is 0 Å². The fraction of sp³-hybridized carbons (Fsp3) is 0.611. The number of amides is 1. The van der Waals surface area contributed by atoms with Gasteiger partial charge in [-0.25, -0.2) is 4.79 Å². The van der Waals surface area contributed by atoms with E-state index in [0.717, 1.165) is 49.2 Å². The van der Waals surface area contributed by atoms with Crippen LogP contribution in [0.4, 0.5) is 0 Å². The van der Waals surface area contributed by atoms with E-state index in [1.807, 2.05) is 25.8 Å². The van der Waals surface area contributed by atoms with E-state index in [9.17, 15) is 9.59 Å². The van der Waals surface area contributed by atoms with Crippen LogP contribution in [-0.2, 0) is 21.4 Å². The molecule has 1 aromatic heterocycles. The summed E-state index contributed by atoms with van der Waals surface area (Å²) >= 11 is 0. The van der Waals surface area contributed by atoms with E-state index in [1.54, 1.807) is 10.8 Å². The average Bonchev–Trinajstić information content (AvgIpc) is 2.83. The predicted molar refractivity (Wildman–Crippen MR) is 92.3 cm³/mol. The van der Waals surface area contributed by atoms with Gasteiger partial charge in [0.15, 0.2) is 6.61 Å². The highest BCUT2D eigenvalue weighted by Gasteiger charge is 2.25. The number of hydrogen-bond donors (Lipinski definition) is 0. The normalized spacial score (nSPS) is 18.2. The third-order valence-corrected chi connectivity index (χ3v) is 4.71. The van der Waals surface area contributed by atoms with Gasteiger partial charge in [0.1, 0.15) is 0 Å². The summed E-state index contributed by atoms with van der Waals surface area (Å²) < 4.78 is 6.88. The molecule has 0 spiro atoms. The van der Waals surface area contributed by atoms with Crippen LogP contribution in [0.1, 0.15) is 49.6 Å². The molecule has 1 aliphatic rings. The third kappa shape index (κ3) is 4.24. The molecule has 0 aromatic carbocycles. The Morgan fingerprint density at radius 2 is 2.08 bits per heavy atom. The van der Waals surface area contributed by atoms with Gasteiger partial charge in [0.25, 0.3) is 5.91 Å². The lowest BCUT2D eigenvalue weighted by molar-refractivity contribution is -0.150. The molecule has 6 heteroatoms. The number of likely N-dealkylation sites (tertiary alicyclic amines) is 1. The molecule has 1 fully saturated rings. The van der Waals surface area contributed by atoms with Gasteiger partial charge in [-0.15, -0.1) is 0 Å². The number of rotatable bonds is 5. The zero-order valence-electron chi connectivity index (χ0n) is 15.0. The molecule has 0 aliphatic carbocycles. The molecule has 1 aromatic rings. The fourth-order valence-corrected chi connectivity index (χ4v) is 3.20. The maximum atomic E-state index is 12.3. The van der Waals surface area contributed by atoms with Crippen LogP contribution in [0.5, 0.6) is 0 Å². The Balaban J connectivity index is 1.88. The van der Waals surface area contributed by atoms with Crippen molar-refractivity contribution in [3.8, 4) is 0 Å². The first-order chi connectivity index (χ1) is 11.4. The van der Waals surface area contributed by atoms with Crippen LogP contribution < -0.4 is 0 Å². The summed E-state index contributed by atoms with van der Waals surface area (Å²) in [4.78, 5) is 26.0. The summed E-state index contributed by atoms with van der Waals surface area (Å²) in [6, 6.07) is 0.279. The minimum Gasteiger partial charge on any atom is -0.452 e. The van der Waals surface area contributed by atoms with Crippen LogP contribution in [0.2, 0.25) is 0 Å². The minimum absolute atomic E-state index is 0.1000. The van der Waals surface area contributed by atoms with Gasteiger partial charge >= 0.3 is 5.97 Å². The molecule has 0 saturated carbocycles. The molecule has 2 heterocycles. The van der Waals surface area contributed by atoms with Crippen molar-refractivity contribution in [2.75, 3.05) is 13.2 Å². The molecule has 1 atom stereocenters.